The normalized spacial score (nSPS) is 11.8. The van der Waals surface area contributed by atoms with Crippen LogP contribution in [0.3, 0.4) is 0 Å². The number of benzene rings is 1. The van der Waals surface area contributed by atoms with Gasteiger partial charge >= 0.3 is 0 Å². The molecule has 2 aromatic rings. The molecule has 1 aromatic carbocycles. The number of ether oxygens (including phenoxy) is 1. The van der Waals surface area contributed by atoms with Crippen LogP contribution in [0.25, 0.3) is 0 Å². The smallest absolute Gasteiger partial charge is 0.186 e. The summed E-state index contributed by atoms with van der Waals surface area (Å²) in [7, 11) is 1.53. The number of Topliss-reactive ketones (excluding diaryl/α,β-unsaturated/α-hetero) is 1. The Morgan fingerprint density at radius 1 is 1.38 bits per heavy atom. The number of aryl methyl sites for hydroxylation is 1. The molecule has 0 radical (unpaired) electrons. The van der Waals surface area contributed by atoms with Crippen LogP contribution in [-0.2, 0) is 0 Å². The Bertz CT molecular complexity index is 734. The van der Waals surface area contributed by atoms with Gasteiger partial charge in [-0.05, 0) is 50.9 Å². The molecule has 0 aliphatic carbocycles. The van der Waals surface area contributed by atoms with E-state index >= 15 is 0 Å². The largest absolute Gasteiger partial charge is 0.496 e. The third-order valence-electron chi connectivity index (χ3n) is 3.01. The Kier molecular flexibility index (Phi) is 5.20. The van der Waals surface area contributed by atoms with Crippen LogP contribution < -0.4 is 4.74 Å². The molecule has 2 rings (SSSR count). The van der Waals surface area contributed by atoms with Crippen molar-refractivity contribution >= 4 is 49.0 Å². The minimum Gasteiger partial charge on any atom is -0.496 e. The average molecular weight is 429 g/mol. The average Bonchev–Trinajstić information content (AvgIpc) is 2.78. The maximum Gasteiger partial charge on any atom is 0.186 e. The van der Waals surface area contributed by atoms with Gasteiger partial charge in [-0.2, -0.15) is 5.26 Å². The fourth-order valence-electron chi connectivity index (χ4n) is 2.01. The number of carbonyl (C=O) groups excluding carboxylic acids is 1. The number of nitriles is 1. The molecule has 0 saturated carbocycles. The van der Waals surface area contributed by atoms with Gasteiger partial charge in [-0.15, -0.1) is 11.3 Å². The van der Waals surface area contributed by atoms with Crippen molar-refractivity contribution < 1.29 is 9.53 Å². The molecule has 3 nitrogen and oxygen atoms in total. The third-order valence-corrected chi connectivity index (χ3v) is 5.35. The lowest BCUT2D eigenvalue weighted by molar-refractivity contribution is 0.0977. The first kappa shape index (κ1) is 16.2. The molecule has 108 valence electrons. The summed E-state index contributed by atoms with van der Waals surface area (Å²) in [5, 5.41) is 9.47. The van der Waals surface area contributed by atoms with E-state index in [1.165, 1.54) is 18.4 Å². The highest BCUT2D eigenvalue weighted by Gasteiger charge is 2.27. The number of rotatable bonds is 4. The van der Waals surface area contributed by atoms with E-state index in [0.717, 1.165) is 9.35 Å². The zero-order valence-corrected chi connectivity index (χ0v) is 15.3. The van der Waals surface area contributed by atoms with Gasteiger partial charge in [0, 0.05) is 11.1 Å². The Labute approximate surface area is 143 Å². The maximum absolute atomic E-state index is 12.7. The highest BCUT2D eigenvalue weighted by atomic mass is 79.9. The number of hydrogen-bond acceptors (Lipinski definition) is 4. The topological polar surface area (TPSA) is 50.1 Å². The van der Waals surface area contributed by atoms with E-state index in [9.17, 15) is 10.1 Å². The Balaban J connectivity index is 2.50. The van der Waals surface area contributed by atoms with Crippen LogP contribution >= 0.6 is 43.2 Å². The lowest BCUT2D eigenvalue weighted by Crippen LogP contribution is -2.12. The lowest BCUT2D eigenvalue weighted by Gasteiger charge is -2.13. The second-order valence-electron chi connectivity index (χ2n) is 4.41. The van der Waals surface area contributed by atoms with Crippen molar-refractivity contribution in [3.8, 4) is 11.8 Å². The van der Waals surface area contributed by atoms with Gasteiger partial charge in [0.05, 0.1) is 20.8 Å². The molecule has 1 heterocycles. The van der Waals surface area contributed by atoms with Gasteiger partial charge in [-0.3, -0.25) is 4.79 Å². The van der Waals surface area contributed by atoms with E-state index in [0.29, 0.717) is 20.7 Å². The fourth-order valence-corrected chi connectivity index (χ4v) is 4.83. The molecule has 6 heteroatoms. The fraction of sp³-hybridized carbons (Fsp3) is 0.200. The number of methoxy groups -OCH3 is 1. The van der Waals surface area contributed by atoms with Crippen molar-refractivity contribution in [3.63, 3.8) is 0 Å². The number of hydrogen-bond donors (Lipinski definition) is 0. The van der Waals surface area contributed by atoms with E-state index in [2.05, 4.69) is 37.9 Å². The summed E-state index contributed by atoms with van der Waals surface area (Å²) < 4.78 is 6.84. The summed E-state index contributed by atoms with van der Waals surface area (Å²) in [6.45, 7) is 1.92. The second-order valence-corrected chi connectivity index (χ2v) is 8.16. The summed E-state index contributed by atoms with van der Waals surface area (Å²) in [4.78, 5) is 12.7. The van der Waals surface area contributed by atoms with Crippen LogP contribution in [-0.4, -0.2) is 12.9 Å². The molecule has 21 heavy (non-hydrogen) atoms. The number of halogens is 2. The molecule has 0 amide bonds. The van der Waals surface area contributed by atoms with Crippen LogP contribution in [0, 0.1) is 18.3 Å². The van der Waals surface area contributed by atoms with E-state index in [4.69, 9.17) is 4.74 Å². The van der Waals surface area contributed by atoms with Gasteiger partial charge in [0.15, 0.2) is 5.78 Å². The Morgan fingerprint density at radius 3 is 2.62 bits per heavy atom. The number of thiophene rings is 1. The van der Waals surface area contributed by atoms with Crippen molar-refractivity contribution in [1.29, 1.82) is 5.26 Å². The number of nitrogens with zero attached hydrogens (tertiary/aromatic N) is 1. The summed E-state index contributed by atoms with van der Waals surface area (Å²) in [5.41, 5.74) is 2.07. The van der Waals surface area contributed by atoms with Gasteiger partial charge in [0.25, 0.3) is 0 Å². The predicted molar refractivity (Wildman–Crippen MR) is 90.1 cm³/mol. The first-order valence-electron chi connectivity index (χ1n) is 6.01. The second kappa shape index (κ2) is 6.73. The van der Waals surface area contributed by atoms with Gasteiger partial charge in [0.2, 0.25) is 0 Å². The molecule has 0 N–H and O–H groups in total. The van der Waals surface area contributed by atoms with Gasteiger partial charge in [-0.1, -0.05) is 17.7 Å². The third kappa shape index (κ3) is 3.37. The lowest BCUT2D eigenvalue weighted by atomic mass is 9.91. The van der Waals surface area contributed by atoms with Crippen LogP contribution in [0.4, 0.5) is 0 Å². The van der Waals surface area contributed by atoms with Gasteiger partial charge in [-0.25, -0.2) is 0 Å². The number of carbonyl (C=O) groups is 1. The van der Waals surface area contributed by atoms with E-state index < -0.39 is 5.92 Å². The van der Waals surface area contributed by atoms with E-state index in [1.54, 1.807) is 12.1 Å². The van der Waals surface area contributed by atoms with Crippen molar-refractivity contribution in [2.75, 3.05) is 7.11 Å². The SMILES string of the molecule is COc1ccc(C)cc1C(C#N)C(=O)c1cc(Br)sc1Br. The zero-order valence-electron chi connectivity index (χ0n) is 11.3. The molecule has 0 bridgehead atoms. The quantitative estimate of drug-likeness (QED) is 0.638. The van der Waals surface area contributed by atoms with Crippen molar-refractivity contribution in [3.05, 3.63) is 48.5 Å². The van der Waals surface area contributed by atoms with Crippen molar-refractivity contribution in [2.24, 2.45) is 0 Å². The van der Waals surface area contributed by atoms with E-state index in [1.807, 2.05) is 19.1 Å². The van der Waals surface area contributed by atoms with Crippen molar-refractivity contribution in [2.45, 2.75) is 12.8 Å². The summed E-state index contributed by atoms with van der Waals surface area (Å²) in [5.74, 6) is -0.584. The number of ketones is 1. The highest BCUT2D eigenvalue weighted by molar-refractivity contribution is 9.12. The van der Waals surface area contributed by atoms with E-state index in [-0.39, 0.29) is 5.78 Å². The Hall–Kier alpha value is -1.16. The predicted octanol–water partition coefficient (Wildman–Crippen LogP) is 5.08. The maximum atomic E-state index is 12.7. The summed E-state index contributed by atoms with van der Waals surface area (Å²) in [6, 6.07) is 9.31. The molecule has 1 aromatic heterocycles. The molecule has 0 aliphatic rings. The molecular formula is C15H11Br2NO2S. The zero-order chi connectivity index (χ0) is 15.6. The summed E-state index contributed by atoms with van der Waals surface area (Å²) >= 11 is 8.12. The standard InChI is InChI=1S/C15H11Br2NO2S/c1-8-3-4-12(20-2)9(5-8)11(7-18)14(19)10-6-13(16)21-15(10)17/h3-6,11H,1-2H3. The summed E-state index contributed by atoms with van der Waals surface area (Å²) in [6.07, 6.45) is 0. The molecule has 0 fully saturated rings. The van der Waals surface area contributed by atoms with Crippen molar-refractivity contribution in [1.82, 2.24) is 0 Å². The highest BCUT2D eigenvalue weighted by Crippen LogP contribution is 2.36. The first-order valence-corrected chi connectivity index (χ1v) is 8.41. The van der Waals surface area contributed by atoms with Crippen LogP contribution in [0.15, 0.2) is 31.8 Å². The molecule has 1 unspecified atom stereocenters. The van der Waals surface area contributed by atoms with Crippen LogP contribution in [0.1, 0.15) is 27.4 Å². The first-order chi connectivity index (χ1) is 9.97. The molecule has 0 spiro atoms. The van der Waals surface area contributed by atoms with Crippen LogP contribution in [0.2, 0.25) is 0 Å². The molecular weight excluding hydrogens is 418 g/mol. The van der Waals surface area contributed by atoms with Gasteiger partial charge in [0.1, 0.15) is 11.7 Å². The molecule has 0 saturated heterocycles. The van der Waals surface area contributed by atoms with Crippen LogP contribution in [0.5, 0.6) is 5.75 Å². The monoisotopic (exact) mass is 427 g/mol. The molecule has 0 aliphatic heterocycles. The van der Waals surface area contributed by atoms with Gasteiger partial charge < -0.3 is 4.74 Å². The Morgan fingerprint density at radius 2 is 2.10 bits per heavy atom. The minimum absolute atomic E-state index is 0.241. The molecule has 1 atom stereocenters. The minimum atomic E-state index is -0.891.